The molecule has 8 heteroatoms. The van der Waals surface area contributed by atoms with Gasteiger partial charge in [0.2, 0.25) is 5.91 Å². The van der Waals surface area contributed by atoms with E-state index in [1.54, 1.807) is 16.7 Å². The molecule has 1 aliphatic rings. The van der Waals surface area contributed by atoms with Crippen LogP contribution in [-0.2, 0) is 4.79 Å². The van der Waals surface area contributed by atoms with Crippen molar-refractivity contribution in [2.75, 3.05) is 20.2 Å². The number of carbonyl (C=O) groups is 2. The fourth-order valence-electron chi connectivity index (χ4n) is 3.01. The highest BCUT2D eigenvalue weighted by molar-refractivity contribution is 5.93. The molecule has 132 valence electrons. The minimum absolute atomic E-state index is 0.153. The third-order valence-corrected chi connectivity index (χ3v) is 4.60. The van der Waals surface area contributed by atoms with Gasteiger partial charge in [-0.2, -0.15) is 0 Å². The van der Waals surface area contributed by atoms with Gasteiger partial charge < -0.3 is 15.4 Å². The second-order valence-electron chi connectivity index (χ2n) is 6.10. The fraction of sp³-hybridized carbons (Fsp3) is 0.412. The predicted octanol–water partition coefficient (Wildman–Crippen LogP) is 0.922. The van der Waals surface area contributed by atoms with E-state index in [-0.39, 0.29) is 17.7 Å². The maximum Gasteiger partial charge on any atom is 0.276 e. The molecule has 0 aliphatic carbocycles. The van der Waals surface area contributed by atoms with Crippen molar-refractivity contribution in [1.29, 1.82) is 0 Å². The lowest BCUT2D eigenvalue weighted by Gasteiger charge is -2.30. The van der Waals surface area contributed by atoms with Gasteiger partial charge in [-0.25, -0.2) is 4.68 Å². The van der Waals surface area contributed by atoms with E-state index < -0.39 is 0 Å². The molecule has 2 heterocycles. The number of primary amides is 1. The summed E-state index contributed by atoms with van der Waals surface area (Å²) < 4.78 is 6.77. The Kier molecular flexibility index (Phi) is 4.69. The lowest BCUT2D eigenvalue weighted by Crippen LogP contribution is -2.42. The van der Waals surface area contributed by atoms with Crippen molar-refractivity contribution < 1.29 is 14.3 Å². The molecule has 1 fully saturated rings. The van der Waals surface area contributed by atoms with Crippen LogP contribution >= 0.6 is 0 Å². The van der Waals surface area contributed by atoms with E-state index in [0.29, 0.717) is 37.3 Å². The van der Waals surface area contributed by atoms with Gasteiger partial charge in [-0.1, -0.05) is 5.21 Å². The smallest absolute Gasteiger partial charge is 0.276 e. The van der Waals surface area contributed by atoms with Gasteiger partial charge in [0.05, 0.1) is 18.5 Å². The number of amides is 2. The van der Waals surface area contributed by atoms with Gasteiger partial charge in [0.1, 0.15) is 5.75 Å². The molecule has 25 heavy (non-hydrogen) atoms. The third-order valence-electron chi connectivity index (χ3n) is 4.60. The molecule has 2 N–H and O–H groups in total. The lowest BCUT2D eigenvalue weighted by molar-refractivity contribution is -0.123. The van der Waals surface area contributed by atoms with Crippen molar-refractivity contribution in [2.45, 2.75) is 19.8 Å². The van der Waals surface area contributed by atoms with Crippen LogP contribution in [0.4, 0.5) is 0 Å². The molecular formula is C17H21N5O3. The Labute approximate surface area is 145 Å². The zero-order chi connectivity index (χ0) is 18.0. The highest BCUT2D eigenvalue weighted by atomic mass is 16.5. The SMILES string of the molecule is COc1ccc(-n2nnc(C(=O)N3CCC(C(N)=O)CC3)c2C)cc1. The van der Waals surface area contributed by atoms with Crippen LogP contribution in [0.2, 0.25) is 0 Å². The lowest BCUT2D eigenvalue weighted by atomic mass is 9.96. The highest BCUT2D eigenvalue weighted by Crippen LogP contribution is 2.21. The first-order chi connectivity index (χ1) is 12.0. The van der Waals surface area contributed by atoms with Crippen LogP contribution < -0.4 is 10.5 Å². The zero-order valence-corrected chi connectivity index (χ0v) is 14.3. The summed E-state index contributed by atoms with van der Waals surface area (Å²) in [6.07, 6.45) is 1.18. The normalized spacial score (nSPS) is 15.2. The summed E-state index contributed by atoms with van der Waals surface area (Å²) in [5, 5.41) is 8.17. The molecule has 2 aromatic rings. The van der Waals surface area contributed by atoms with Gasteiger partial charge in [-0.15, -0.1) is 5.10 Å². The minimum atomic E-state index is -0.297. The minimum Gasteiger partial charge on any atom is -0.497 e. The number of nitrogens with two attached hydrogens (primary N) is 1. The van der Waals surface area contributed by atoms with Crippen molar-refractivity contribution >= 4 is 11.8 Å². The van der Waals surface area contributed by atoms with Crippen molar-refractivity contribution in [3.05, 3.63) is 35.7 Å². The van der Waals surface area contributed by atoms with Crippen LogP contribution in [0.5, 0.6) is 5.75 Å². The van der Waals surface area contributed by atoms with E-state index in [1.807, 2.05) is 31.2 Å². The summed E-state index contributed by atoms with van der Waals surface area (Å²) in [4.78, 5) is 25.7. The number of likely N-dealkylation sites (tertiary alicyclic amines) is 1. The summed E-state index contributed by atoms with van der Waals surface area (Å²) in [5.74, 6) is 0.129. The van der Waals surface area contributed by atoms with E-state index in [1.165, 1.54) is 0 Å². The molecule has 0 bridgehead atoms. The van der Waals surface area contributed by atoms with Crippen molar-refractivity contribution in [1.82, 2.24) is 19.9 Å². The quantitative estimate of drug-likeness (QED) is 0.889. The molecule has 1 aliphatic heterocycles. The van der Waals surface area contributed by atoms with Crippen LogP contribution in [0, 0.1) is 12.8 Å². The first-order valence-corrected chi connectivity index (χ1v) is 8.16. The molecule has 2 amide bonds. The average Bonchev–Trinajstić information content (AvgIpc) is 3.02. The Morgan fingerprint density at radius 2 is 1.84 bits per heavy atom. The topological polar surface area (TPSA) is 103 Å². The van der Waals surface area contributed by atoms with Crippen LogP contribution in [-0.4, -0.2) is 51.9 Å². The van der Waals surface area contributed by atoms with Gasteiger partial charge >= 0.3 is 0 Å². The second-order valence-corrected chi connectivity index (χ2v) is 6.10. The highest BCUT2D eigenvalue weighted by Gasteiger charge is 2.29. The Morgan fingerprint density at radius 1 is 1.20 bits per heavy atom. The second kappa shape index (κ2) is 6.92. The van der Waals surface area contributed by atoms with Gasteiger partial charge in [-0.05, 0) is 44.0 Å². The first-order valence-electron chi connectivity index (χ1n) is 8.16. The number of piperidine rings is 1. The molecule has 0 spiro atoms. The molecule has 0 unspecified atom stereocenters. The maximum atomic E-state index is 12.7. The number of carbonyl (C=O) groups excluding carboxylic acids is 2. The molecule has 0 radical (unpaired) electrons. The molecule has 1 saturated heterocycles. The molecule has 1 aromatic heterocycles. The molecule has 1 aromatic carbocycles. The van der Waals surface area contributed by atoms with Gasteiger partial charge in [0, 0.05) is 19.0 Å². The number of rotatable bonds is 4. The fourth-order valence-corrected chi connectivity index (χ4v) is 3.01. The Bertz CT molecular complexity index is 776. The van der Waals surface area contributed by atoms with Crippen LogP contribution in [0.1, 0.15) is 29.0 Å². The summed E-state index contributed by atoms with van der Waals surface area (Å²) in [6.45, 7) is 2.82. The largest absolute Gasteiger partial charge is 0.497 e. The van der Waals surface area contributed by atoms with E-state index in [4.69, 9.17) is 10.5 Å². The summed E-state index contributed by atoms with van der Waals surface area (Å²) in [6, 6.07) is 7.36. The van der Waals surface area contributed by atoms with Gasteiger partial charge in [-0.3, -0.25) is 9.59 Å². The molecule has 0 atom stereocenters. The Hall–Kier alpha value is -2.90. The van der Waals surface area contributed by atoms with Crippen LogP contribution in [0.15, 0.2) is 24.3 Å². The number of hydrogen-bond donors (Lipinski definition) is 1. The van der Waals surface area contributed by atoms with Gasteiger partial charge in [0.25, 0.3) is 5.91 Å². The number of ether oxygens (including phenoxy) is 1. The molecule has 3 rings (SSSR count). The molecule has 0 saturated carbocycles. The molecular weight excluding hydrogens is 322 g/mol. The Balaban J connectivity index is 1.76. The van der Waals surface area contributed by atoms with E-state index in [9.17, 15) is 9.59 Å². The summed E-state index contributed by atoms with van der Waals surface area (Å²) in [5.41, 5.74) is 7.14. The van der Waals surface area contributed by atoms with E-state index in [2.05, 4.69) is 10.3 Å². The number of methoxy groups -OCH3 is 1. The summed E-state index contributed by atoms with van der Waals surface area (Å²) >= 11 is 0. The van der Waals surface area contributed by atoms with Crippen molar-refractivity contribution in [2.24, 2.45) is 11.7 Å². The standard InChI is InChI=1S/C17H21N5O3/c1-11-15(17(24)21-9-7-12(8-10-21)16(18)23)19-20-22(11)13-3-5-14(25-2)6-4-13/h3-6,12H,7-10H2,1-2H3,(H2,18,23). The predicted molar refractivity (Wildman–Crippen MR) is 90.5 cm³/mol. The van der Waals surface area contributed by atoms with E-state index in [0.717, 1.165) is 11.4 Å². The van der Waals surface area contributed by atoms with Crippen molar-refractivity contribution in [3.8, 4) is 11.4 Å². The van der Waals surface area contributed by atoms with Crippen LogP contribution in [0.3, 0.4) is 0 Å². The number of benzene rings is 1. The first kappa shape index (κ1) is 16.9. The van der Waals surface area contributed by atoms with Crippen LogP contribution in [0.25, 0.3) is 5.69 Å². The van der Waals surface area contributed by atoms with E-state index >= 15 is 0 Å². The van der Waals surface area contributed by atoms with Crippen molar-refractivity contribution in [3.63, 3.8) is 0 Å². The third kappa shape index (κ3) is 3.33. The summed E-state index contributed by atoms with van der Waals surface area (Å²) in [7, 11) is 1.61. The number of hydrogen-bond acceptors (Lipinski definition) is 5. The Morgan fingerprint density at radius 3 is 2.40 bits per heavy atom. The molecule has 8 nitrogen and oxygen atoms in total. The number of aromatic nitrogens is 3. The van der Waals surface area contributed by atoms with Gasteiger partial charge in [0.15, 0.2) is 5.69 Å². The number of nitrogens with zero attached hydrogens (tertiary/aromatic N) is 4. The average molecular weight is 343 g/mol. The zero-order valence-electron chi connectivity index (χ0n) is 14.3. The monoisotopic (exact) mass is 343 g/mol. The maximum absolute atomic E-state index is 12.7.